The molecule has 0 bridgehead atoms. The minimum Gasteiger partial charge on any atom is -0.493 e. The Morgan fingerprint density at radius 3 is 2.41 bits per heavy atom. The fourth-order valence-corrected chi connectivity index (χ4v) is 5.67. The van der Waals surface area contributed by atoms with E-state index < -0.39 is 22.1 Å². The van der Waals surface area contributed by atoms with E-state index >= 15 is 0 Å². The third-order valence-corrected chi connectivity index (χ3v) is 7.45. The molecule has 0 radical (unpaired) electrons. The molecule has 4 rings (SSSR count). The SMILES string of the molecule is COc1cc2c(cc1OC)CN(C(CC(N)=O)c1c(S(=O)(=O)O)ccc3c(Cl)cccc13)CC2. The van der Waals surface area contributed by atoms with Crippen molar-refractivity contribution in [3.63, 3.8) is 0 Å². The monoisotopic (exact) mass is 504 g/mol. The first-order valence-electron chi connectivity index (χ1n) is 10.6. The van der Waals surface area contributed by atoms with Gasteiger partial charge in [-0.1, -0.05) is 29.8 Å². The van der Waals surface area contributed by atoms with Crippen LogP contribution in [0, 0.1) is 0 Å². The normalized spacial score (nSPS) is 15.1. The molecular weight excluding hydrogens is 480 g/mol. The molecule has 8 nitrogen and oxygen atoms in total. The van der Waals surface area contributed by atoms with Crippen LogP contribution in [-0.4, -0.2) is 44.5 Å². The molecular formula is C24H25ClN2O6S. The molecule has 0 spiro atoms. The van der Waals surface area contributed by atoms with Crippen molar-refractivity contribution in [2.75, 3.05) is 20.8 Å². The van der Waals surface area contributed by atoms with E-state index in [9.17, 15) is 17.8 Å². The molecule has 0 fully saturated rings. The van der Waals surface area contributed by atoms with Gasteiger partial charge < -0.3 is 15.2 Å². The molecule has 1 unspecified atom stereocenters. The highest BCUT2D eigenvalue weighted by atomic mass is 35.5. The summed E-state index contributed by atoms with van der Waals surface area (Å²) in [5, 5.41) is 1.58. The van der Waals surface area contributed by atoms with Crippen molar-refractivity contribution in [3.8, 4) is 11.5 Å². The molecule has 0 aliphatic carbocycles. The van der Waals surface area contributed by atoms with E-state index in [2.05, 4.69) is 0 Å². The first kappa shape index (κ1) is 24.3. The fraction of sp³-hybridized carbons (Fsp3) is 0.292. The number of fused-ring (bicyclic) bond motifs is 2. The summed E-state index contributed by atoms with van der Waals surface area (Å²) in [6.45, 7) is 0.942. The molecule has 180 valence electrons. The van der Waals surface area contributed by atoms with Crippen LogP contribution in [0.3, 0.4) is 0 Å². The van der Waals surface area contributed by atoms with Crippen LogP contribution in [0.25, 0.3) is 10.8 Å². The summed E-state index contributed by atoms with van der Waals surface area (Å²) in [6, 6.07) is 11.1. The summed E-state index contributed by atoms with van der Waals surface area (Å²) >= 11 is 6.38. The maximum absolute atomic E-state index is 12.4. The molecule has 3 aromatic rings. The number of hydrogen-bond acceptors (Lipinski definition) is 6. The zero-order valence-electron chi connectivity index (χ0n) is 18.7. The van der Waals surface area contributed by atoms with Gasteiger partial charge in [0.25, 0.3) is 10.1 Å². The van der Waals surface area contributed by atoms with Crippen molar-refractivity contribution < 1.29 is 27.2 Å². The van der Waals surface area contributed by atoms with Crippen LogP contribution >= 0.6 is 11.6 Å². The highest BCUT2D eigenvalue weighted by Crippen LogP contribution is 2.41. The maximum atomic E-state index is 12.4. The van der Waals surface area contributed by atoms with E-state index in [1.165, 1.54) is 6.07 Å². The summed E-state index contributed by atoms with van der Waals surface area (Å²) in [7, 11) is -1.47. The molecule has 3 N–H and O–H groups in total. The summed E-state index contributed by atoms with van der Waals surface area (Å²) in [4.78, 5) is 13.9. The predicted octanol–water partition coefficient (Wildman–Crippen LogP) is 3.73. The first-order chi connectivity index (χ1) is 16.1. The van der Waals surface area contributed by atoms with Crippen LogP contribution in [-0.2, 0) is 27.9 Å². The van der Waals surface area contributed by atoms with Crippen LogP contribution in [0.5, 0.6) is 11.5 Å². The average molecular weight is 505 g/mol. The van der Waals surface area contributed by atoms with Gasteiger partial charge in [-0.15, -0.1) is 0 Å². The van der Waals surface area contributed by atoms with Gasteiger partial charge in [0, 0.05) is 36.0 Å². The lowest BCUT2D eigenvalue weighted by molar-refractivity contribution is -0.119. The van der Waals surface area contributed by atoms with Crippen LogP contribution < -0.4 is 15.2 Å². The van der Waals surface area contributed by atoms with E-state index in [4.69, 9.17) is 26.8 Å². The van der Waals surface area contributed by atoms with Crippen molar-refractivity contribution >= 4 is 38.4 Å². The number of nitrogens with two attached hydrogens (primary N) is 1. The Hall–Kier alpha value is -2.85. The molecule has 1 heterocycles. The number of rotatable bonds is 7. The smallest absolute Gasteiger partial charge is 0.294 e. The number of carbonyl (C=O) groups excluding carboxylic acids is 1. The molecule has 1 aliphatic rings. The number of halogens is 1. The van der Waals surface area contributed by atoms with Gasteiger partial charge in [-0.05, 0) is 52.8 Å². The van der Waals surface area contributed by atoms with E-state index in [0.717, 1.165) is 11.1 Å². The Kier molecular flexibility index (Phi) is 6.73. The third-order valence-electron chi connectivity index (χ3n) is 6.20. The lowest BCUT2D eigenvalue weighted by atomic mass is 9.91. The minimum absolute atomic E-state index is 0.142. The number of primary amides is 1. The number of carbonyl (C=O) groups is 1. The quantitative estimate of drug-likeness (QED) is 0.470. The molecule has 0 aromatic heterocycles. The Balaban J connectivity index is 1.89. The highest BCUT2D eigenvalue weighted by Gasteiger charge is 2.32. The standard InChI is InChI=1S/C24H25ClN2O6S/c1-32-20-10-14-8-9-27(13-15(14)11-21(20)33-2)19(12-23(26)28)24-17-4-3-5-18(25)16(17)6-7-22(24)34(29,30)31/h3-7,10-11,19H,8-9,12-13H2,1-2H3,(H2,26,28)(H,29,30,31). The second-order valence-electron chi connectivity index (χ2n) is 8.17. The van der Waals surface area contributed by atoms with Crippen molar-refractivity contribution in [1.29, 1.82) is 0 Å². The zero-order chi connectivity index (χ0) is 24.6. The largest absolute Gasteiger partial charge is 0.493 e. The van der Waals surface area contributed by atoms with E-state index in [1.807, 2.05) is 17.0 Å². The molecule has 0 saturated heterocycles. The van der Waals surface area contributed by atoms with Gasteiger partial charge >= 0.3 is 0 Å². The van der Waals surface area contributed by atoms with E-state index in [-0.39, 0.29) is 11.3 Å². The summed E-state index contributed by atoms with van der Waals surface area (Å²) in [5.74, 6) is 0.606. The molecule has 34 heavy (non-hydrogen) atoms. The second kappa shape index (κ2) is 9.42. The van der Waals surface area contributed by atoms with Crippen LogP contribution in [0.1, 0.15) is 29.2 Å². The summed E-state index contributed by atoms with van der Waals surface area (Å²) in [5.41, 5.74) is 7.94. The highest BCUT2D eigenvalue weighted by molar-refractivity contribution is 7.85. The van der Waals surface area contributed by atoms with Crippen molar-refractivity contribution in [2.24, 2.45) is 5.73 Å². The summed E-state index contributed by atoms with van der Waals surface area (Å²) < 4.78 is 45.6. The predicted molar refractivity (Wildman–Crippen MR) is 129 cm³/mol. The maximum Gasteiger partial charge on any atom is 0.294 e. The Labute approximate surface area is 203 Å². The fourth-order valence-electron chi connectivity index (χ4n) is 4.67. The number of benzene rings is 3. The molecule has 0 saturated carbocycles. The lowest BCUT2D eigenvalue weighted by Gasteiger charge is -2.37. The zero-order valence-corrected chi connectivity index (χ0v) is 20.3. The van der Waals surface area contributed by atoms with Gasteiger partial charge in [0.2, 0.25) is 5.91 Å². The Morgan fingerprint density at radius 2 is 1.79 bits per heavy atom. The number of methoxy groups -OCH3 is 2. The van der Waals surface area contributed by atoms with Crippen LogP contribution in [0.15, 0.2) is 47.4 Å². The molecule has 1 amide bonds. The van der Waals surface area contributed by atoms with E-state index in [1.54, 1.807) is 38.5 Å². The first-order valence-corrected chi connectivity index (χ1v) is 12.4. The van der Waals surface area contributed by atoms with Crippen LogP contribution in [0.2, 0.25) is 5.02 Å². The average Bonchev–Trinajstić information content (AvgIpc) is 2.80. The van der Waals surface area contributed by atoms with Gasteiger partial charge in [-0.3, -0.25) is 14.2 Å². The molecule has 3 aromatic carbocycles. The van der Waals surface area contributed by atoms with Gasteiger partial charge in [0.15, 0.2) is 11.5 Å². The van der Waals surface area contributed by atoms with Gasteiger partial charge in [-0.25, -0.2) is 0 Å². The Morgan fingerprint density at radius 1 is 1.12 bits per heavy atom. The Bertz CT molecular complexity index is 1380. The minimum atomic E-state index is -4.60. The number of amides is 1. The van der Waals surface area contributed by atoms with Gasteiger partial charge in [0.1, 0.15) is 0 Å². The van der Waals surface area contributed by atoms with Crippen molar-refractivity contribution in [1.82, 2.24) is 4.90 Å². The molecule has 10 heteroatoms. The van der Waals surface area contributed by atoms with E-state index in [0.29, 0.717) is 52.4 Å². The molecule has 1 atom stereocenters. The van der Waals surface area contributed by atoms with Crippen molar-refractivity contribution in [2.45, 2.75) is 30.3 Å². The van der Waals surface area contributed by atoms with Crippen LogP contribution in [0.4, 0.5) is 0 Å². The van der Waals surface area contributed by atoms with Crippen molar-refractivity contribution in [3.05, 3.63) is 64.2 Å². The number of hydrogen-bond donors (Lipinski definition) is 2. The number of ether oxygens (including phenoxy) is 2. The second-order valence-corrected chi connectivity index (χ2v) is 9.97. The third kappa shape index (κ3) is 4.56. The molecule has 1 aliphatic heterocycles. The topological polar surface area (TPSA) is 119 Å². The number of nitrogens with zero attached hydrogens (tertiary/aromatic N) is 1. The van der Waals surface area contributed by atoms with Gasteiger partial charge in [0.05, 0.1) is 19.1 Å². The lowest BCUT2D eigenvalue weighted by Crippen LogP contribution is -2.37. The van der Waals surface area contributed by atoms with Gasteiger partial charge in [-0.2, -0.15) is 8.42 Å². The summed E-state index contributed by atoms with van der Waals surface area (Å²) in [6.07, 6.45) is 0.494.